The molecule has 84 valence electrons. The molecule has 0 amide bonds. The molecule has 0 saturated heterocycles. The van der Waals surface area contributed by atoms with E-state index in [-0.39, 0.29) is 0 Å². The van der Waals surface area contributed by atoms with E-state index in [1.807, 2.05) is 0 Å². The molecule has 1 fully saturated rings. The van der Waals surface area contributed by atoms with Crippen LogP contribution in [0.1, 0.15) is 53.4 Å². The van der Waals surface area contributed by atoms with Gasteiger partial charge in [-0.05, 0) is 43.6 Å². The van der Waals surface area contributed by atoms with Crippen molar-refractivity contribution in [2.24, 2.45) is 17.8 Å². The van der Waals surface area contributed by atoms with Crippen molar-refractivity contribution >= 4 is 0 Å². The highest BCUT2D eigenvalue weighted by Crippen LogP contribution is 2.36. The van der Waals surface area contributed by atoms with Gasteiger partial charge in [0.1, 0.15) is 0 Å². The lowest BCUT2D eigenvalue weighted by Crippen LogP contribution is -2.32. The van der Waals surface area contributed by atoms with Crippen LogP contribution in [0, 0.1) is 17.8 Å². The highest BCUT2D eigenvalue weighted by molar-refractivity contribution is 4.87. The second kappa shape index (κ2) is 5.75. The maximum Gasteiger partial charge on any atom is 0.00953 e. The van der Waals surface area contributed by atoms with Crippen LogP contribution in [0.4, 0.5) is 0 Å². The van der Waals surface area contributed by atoms with Gasteiger partial charge in [-0.25, -0.2) is 0 Å². The van der Waals surface area contributed by atoms with Crippen molar-refractivity contribution in [3.63, 3.8) is 0 Å². The predicted octanol–water partition coefficient (Wildman–Crippen LogP) is 3.45. The first-order valence-electron chi connectivity index (χ1n) is 6.42. The minimum absolute atomic E-state index is 0.800. The molecule has 0 radical (unpaired) electrons. The Morgan fingerprint density at radius 2 is 2.00 bits per heavy atom. The van der Waals surface area contributed by atoms with Gasteiger partial charge in [0.2, 0.25) is 0 Å². The number of rotatable bonds is 5. The third-order valence-electron chi connectivity index (χ3n) is 4.10. The lowest BCUT2D eigenvalue weighted by Gasteiger charge is -2.23. The smallest absolute Gasteiger partial charge is 0.00953 e. The van der Waals surface area contributed by atoms with Crippen LogP contribution in [-0.4, -0.2) is 12.6 Å². The molecule has 1 nitrogen and oxygen atoms in total. The Balaban J connectivity index is 2.35. The van der Waals surface area contributed by atoms with Gasteiger partial charge >= 0.3 is 0 Å². The van der Waals surface area contributed by atoms with E-state index >= 15 is 0 Å². The molecule has 1 N–H and O–H groups in total. The van der Waals surface area contributed by atoms with Crippen LogP contribution >= 0.6 is 0 Å². The van der Waals surface area contributed by atoms with E-state index in [9.17, 15) is 0 Å². The standard InChI is InChI=1S/C13H27N/c1-5-10(3)9-12-7-8-13(11(12)4)14-6-2/h10-14H,5-9H2,1-4H3. The maximum absolute atomic E-state index is 3.62. The molecular formula is C13H27N. The topological polar surface area (TPSA) is 12.0 Å². The Labute approximate surface area is 89.7 Å². The average Bonchev–Trinajstić information content (AvgIpc) is 2.50. The van der Waals surface area contributed by atoms with Crippen molar-refractivity contribution in [2.75, 3.05) is 6.54 Å². The molecule has 1 heteroatoms. The van der Waals surface area contributed by atoms with Gasteiger partial charge < -0.3 is 5.32 Å². The molecule has 0 aromatic heterocycles. The summed E-state index contributed by atoms with van der Waals surface area (Å²) in [6.07, 6.45) is 5.63. The predicted molar refractivity (Wildman–Crippen MR) is 63.4 cm³/mol. The van der Waals surface area contributed by atoms with Gasteiger partial charge in [-0.3, -0.25) is 0 Å². The van der Waals surface area contributed by atoms with Gasteiger partial charge in [-0.1, -0.05) is 34.1 Å². The van der Waals surface area contributed by atoms with Crippen molar-refractivity contribution in [1.29, 1.82) is 0 Å². The van der Waals surface area contributed by atoms with Gasteiger partial charge in [-0.15, -0.1) is 0 Å². The number of nitrogens with one attached hydrogen (secondary N) is 1. The highest BCUT2D eigenvalue weighted by Gasteiger charge is 2.32. The zero-order valence-corrected chi connectivity index (χ0v) is 10.3. The van der Waals surface area contributed by atoms with Crippen LogP contribution in [0.2, 0.25) is 0 Å². The normalized spacial score (nSPS) is 34.7. The molecule has 0 aliphatic heterocycles. The van der Waals surface area contributed by atoms with E-state index in [0.29, 0.717) is 0 Å². The largest absolute Gasteiger partial charge is 0.314 e. The first-order valence-corrected chi connectivity index (χ1v) is 6.42. The summed E-state index contributed by atoms with van der Waals surface area (Å²) in [6.45, 7) is 10.5. The van der Waals surface area contributed by atoms with E-state index in [4.69, 9.17) is 0 Å². The third-order valence-corrected chi connectivity index (χ3v) is 4.10. The zero-order valence-electron chi connectivity index (χ0n) is 10.3. The van der Waals surface area contributed by atoms with Crippen molar-refractivity contribution in [1.82, 2.24) is 5.32 Å². The first kappa shape index (κ1) is 12.0. The van der Waals surface area contributed by atoms with Crippen molar-refractivity contribution < 1.29 is 0 Å². The van der Waals surface area contributed by atoms with Crippen LogP contribution < -0.4 is 5.32 Å². The molecular weight excluding hydrogens is 170 g/mol. The Kier molecular flexibility index (Phi) is 4.94. The lowest BCUT2D eigenvalue weighted by molar-refractivity contribution is 0.298. The summed E-state index contributed by atoms with van der Waals surface area (Å²) >= 11 is 0. The van der Waals surface area contributed by atoms with Crippen molar-refractivity contribution in [3.8, 4) is 0 Å². The second-order valence-electron chi connectivity index (χ2n) is 5.11. The van der Waals surface area contributed by atoms with Crippen LogP contribution in [0.25, 0.3) is 0 Å². The molecule has 0 bridgehead atoms. The molecule has 0 aromatic carbocycles. The van der Waals surface area contributed by atoms with Crippen LogP contribution in [0.15, 0.2) is 0 Å². The molecule has 1 rings (SSSR count). The van der Waals surface area contributed by atoms with Gasteiger partial charge in [0.05, 0.1) is 0 Å². The minimum atomic E-state index is 0.800. The SMILES string of the molecule is CCNC1CCC(CC(C)CC)C1C. The molecule has 4 atom stereocenters. The van der Waals surface area contributed by atoms with E-state index in [1.54, 1.807) is 0 Å². The Morgan fingerprint density at radius 1 is 1.29 bits per heavy atom. The summed E-state index contributed by atoms with van der Waals surface area (Å²) < 4.78 is 0. The summed E-state index contributed by atoms with van der Waals surface area (Å²) in [5.74, 6) is 2.79. The van der Waals surface area contributed by atoms with Gasteiger partial charge in [0.15, 0.2) is 0 Å². The molecule has 4 unspecified atom stereocenters. The molecule has 1 saturated carbocycles. The fourth-order valence-electron chi connectivity index (χ4n) is 2.81. The second-order valence-corrected chi connectivity index (χ2v) is 5.11. The molecule has 0 spiro atoms. The minimum Gasteiger partial charge on any atom is -0.314 e. The van der Waals surface area contributed by atoms with Crippen LogP contribution in [-0.2, 0) is 0 Å². The summed E-state index contributed by atoms with van der Waals surface area (Å²) in [5, 5.41) is 3.62. The summed E-state index contributed by atoms with van der Waals surface area (Å²) in [6, 6.07) is 0.800. The molecule has 14 heavy (non-hydrogen) atoms. The molecule has 1 aliphatic rings. The van der Waals surface area contributed by atoms with Gasteiger partial charge in [0.25, 0.3) is 0 Å². The lowest BCUT2D eigenvalue weighted by atomic mass is 9.86. The summed E-state index contributed by atoms with van der Waals surface area (Å²) in [5.41, 5.74) is 0. The maximum atomic E-state index is 3.62. The molecule has 0 heterocycles. The van der Waals surface area contributed by atoms with Crippen molar-refractivity contribution in [2.45, 2.75) is 59.4 Å². The third kappa shape index (κ3) is 2.98. The van der Waals surface area contributed by atoms with E-state index in [0.717, 1.165) is 30.3 Å². The first-order chi connectivity index (χ1) is 6.69. The fraction of sp³-hybridized carbons (Fsp3) is 1.00. The van der Waals surface area contributed by atoms with Gasteiger partial charge in [0, 0.05) is 6.04 Å². The van der Waals surface area contributed by atoms with Gasteiger partial charge in [-0.2, -0.15) is 0 Å². The average molecular weight is 197 g/mol. The van der Waals surface area contributed by atoms with Crippen molar-refractivity contribution in [3.05, 3.63) is 0 Å². The zero-order chi connectivity index (χ0) is 10.6. The van der Waals surface area contributed by atoms with Crippen LogP contribution in [0.3, 0.4) is 0 Å². The number of hydrogen-bond donors (Lipinski definition) is 1. The van der Waals surface area contributed by atoms with E-state index in [2.05, 4.69) is 33.0 Å². The Hall–Kier alpha value is -0.0400. The molecule has 1 aliphatic carbocycles. The van der Waals surface area contributed by atoms with Crippen LogP contribution in [0.5, 0.6) is 0 Å². The molecule has 0 aromatic rings. The fourth-order valence-corrected chi connectivity index (χ4v) is 2.81. The summed E-state index contributed by atoms with van der Waals surface area (Å²) in [4.78, 5) is 0. The quantitative estimate of drug-likeness (QED) is 0.712. The summed E-state index contributed by atoms with van der Waals surface area (Å²) in [7, 11) is 0. The van der Waals surface area contributed by atoms with E-state index in [1.165, 1.54) is 25.7 Å². The number of hydrogen-bond acceptors (Lipinski definition) is 1. The highest BCUT2D eigenvalue weighted by atomic mass is 14.9. The monoisotopic (exact) mass is 197 g/mol. The Bertz CT molecular complexity index is 155. The Morgan fingerprint density at radius 3 is 2.57 bits per heavy atom. The van der Waals surface area contributed by atoms with E-state index < -0.39 is 0 Å².